The molecule has 0 aliphatic carbocycles. The topological polar surface area (TPSA) is 57.6 Å². The van der Waals surface area contributed by atoms with E-state index in [1.165, 1.54) is 29.8 Å². The summed E-state index contributed by atoms with van der Waals surface area (Å²) in [5.41, 5.74) is 6.19. The van der Waals surface area contributed by atoms with Crippen LogP contribution in [-0.4, -0.2) is 59.9 Å². The van der Waals surface area contributed by atoms with Crippen molar-refractivity contribution in [3.8, 4) is 0 Å². The predicted octanol–water partition coefficient (Wildman–Crippen LogP) is 5.86. The van der Waals surface area contributed by atoms with E-state index in [4.69, 9.17) is 0 Å². The minimum absolute atomic E-state index is 0.0812. The third kappa shape index (κ3) is 5.72. The number of likely N-dealkylation sites (N-methyl/N-ethyl adjacent to an activating group) is 1. The Morgan fingerprint density at radius 2 is 1.80 bits per heavy atom. The van der Waals surface area contributed by atoms with Gasteiger partial charge in [-0.25, -0.2) is 8.78 Å². The van der Waals surface area contributed by atoms with Crippen LogP contribution in [0.15, 0.2) is 64.3 Å². The van der Waals surface area contributed by atoms with Crippen LogP contribution in [0.4, 0.5) is 14.5 Å². The zero-order chi connectivity index (χ0) is 29.3. The van der Waals surface area contributed by atoms with E-state index in [0.29, 0.717) is 36.3 Å². The average Bonchev–Trinajstić information content (AvgIpc) is 2.92. The molecule has 3 heterocycles. The number of carbonyl (C=O) groups excluding carboxylic acids is 1. The molecule has 2 aliphatic heterocycles. The highest BCUT2D eigenvalue weighted by molar-refractivity contribution is 5.94. The number of hydrogen-bond acceptors (Lipinski definition) is 5. The van der Waals surface area contributed by atoms with E-state index in [2.05, 4.69) is 41.1 Å². The second-order valence-electron chi connectivity index (χ2n) is 10.7. The maximum Gasteiger partial charge on any atom is 0.257 e. The molecule has 212 valence electrons. The van der Waals surface area contributed by atoms with Crippen LogP contribution in [0.25, 0.3) is 11.3 Å². The normalized spacial score (nSPS) is 17.5. The second-order valence-corrected chi connectivity index (χ2v) is 10.7. The first-order valence-corrected chi connectivity index (χ1v) is 13.6. The molecule has 0 amide bonds. The quantitative estimate of drug-likeness (QED) is 0.439. The van der Waals surface area contributed by atoms with Gasteiger partial charge in [0.25, 0.3) is 5.56 Å². The highest BCUT2D eigenvalue weighted by Gasteiger charge is 2.24. The molecule has 0 saturated carbocycles. The fourth-order valence-corrected chi connectivity index (χ4v) is 5.41. The Kier molecular flexibility index (Phi) is 8.59. The molecule has 0 bridgehead atoms. The van der Waals surface area contributed by atoms with E-state index in [9.17, 15) is 18.4 Å². The number of hydrogen-bond donors (Lipinski definition) is 1. The van der Waals surface area contributed by atoms with Crippen molar-refractivity contribution in [2.45, 2.75) is 47.1 Å². The van der Waals surface area contributed by atoms with Crippen molar-refractivity contribution in [2.75, 3.05) is 39.0 Å². The number of rotatable bonds is 7. The van der Waals surface area contributed by atoms with Crippen molar-refractivity contribution in [1.29, 1.82) is 0 Å². The molecular weight excluding hydrogens is 510 g/mol. The molecule has 8 heteroatoms. The maximum atomic E-state index is 15.0. The van der Waals surface area contributed by atoms with Crippen LogP contribution in [0, 0.1) is 18.6 Å². The lowest BCUT2D eigenvalue weighted by atomic mass is 9.92. The Morgan fingerprint density at radius 1 is 1.07 bits per heavy atom. The Balaban J connectivity index is 1.60. The van der Waals surface area contributed by atoms with E-state index in [-0.39, 0.29) is 28.9 Å². The third-order valence-electron chi connectivity index (χ3n) is 8.16. The van der Waals surface area contributed by atoms with Gasteiger partial charge < -0.3 is 10.2 Å². The molecule has 2 aromatic rings. The largest absolute Gasteiger partial charge is 0.386 e. The van der Waals surface area contributed by atoms with Gasteiger partial charge in [-0.3, -0.25) is 19.1 Å². The van der Waals surface area contributed by atoms with Gasteiger partial charge in [0, 0.05) is 68.2 Å². The van der Waals surface area contributed by atoms with Gasteiger partial charge in [0.1, 0.15) is 5.82 Å². The molecule has 0 radical (unpaired) electrons. The average molecular weight is 549 g/mol. The van der Waals surface area contributed by atoms with Crippen LogP contribution in [0.3, 0.4) is 0 Å². The van der Waals surface area contributed by atoms with Gasteiger partial charge >= 0.3 is 0 Å². The first kappa shape index (κ1) is 29.2. The summed E-state index contributed by atoms with van der Waals surface area (Å²) in [5.74, 6) is -0.996. The van der Waals surface area contributed by atoms with Crippen LogP contribution in [0.2, 0.25) is 0 Å². The molecule has 1 N–H and O–H groups in total. The van der Waals surface area contributed by atoms with E-state index >= 15 is 0 Å². The van der Waals surface area contributed by atoms with Crippen LogP contribution >= 0.6 is 0 Å². The summed E-state index contributed by atoms with van der Waals surface area (Å²) in [6.07, 6.45) is 8.04. The molecule has 1 unspecified atom stereocenters. The molecule has 0 saturated heterocycles. The summed E-state index contributed by atoms with van der Waals surface area (Å²) in [6, 6.07) is 4.45. The molecule has 2 aliphatic rings. The van der Waals surface area contributed by atoms with Gasteiger partial charge in [0.15, 0.2) is 11.6 Å². The van der Waals surface area contributed by atoms with Crippen LogP contribution in [0.1, 0.15) is 55.6 Å². The van der Waals surface area contributed by atoms with Crippen molar-refractivity contribution < 1.29 is 13.6 Å². The number of benzene rings is 1. The van der Waals surface area contributed by atoms with Crippen molar-refractivity contribution in [3.05, 3.63) is 98.1 Å². The number of anilines is 1. The number of Topliss-reactive ketones (excluding diaryl/α,β-unsaturated/α-hetero) is 1. The highest BCUT2D eigenvalue weighted by atomic mass is 19.1. The monoisotopic (exact) mass is 548 g/mol. The SMILES string of the molecule is CNc1cc(=O)n(C2=CCN(C)C(C)=C2/C=C(\C)C(C)N2CC=C(c3c(C)cc(C(C)=O)cc3F)CC2)cc1F. The summed E-state index contributed by atoms with van der Waals surface area (Å²) < 4.78 is 31.0. The smallest absolute Gasteiger partial charge is 0.257 e. The van der Waals surface area contributed by atoms with E-state index in [1.54, 1.807) is 13.1 Å². The van der Waals surface area contributed by atoms with Gasteiger partial charge in [0.2, 0.25) is 0 Å². The number of allylic oxidation sites excluding steroid dienone is 4. The first-order chi connectivity index (χ1) is 18.9. The Bertz CT molecular complexity index is 1510. The fourth-order valence-electron chi connectivity index (χ4n) is 5.41. The standard InChI is InChI=1S/C32H38F2N4O2/c1-19(15-26-22(4)36(7)11-10-30(26)38-18-28(34)29(35-6)17-31(38)40)21(3)37-12-8-24(9-13-37)32-20(2)14-25(23(5)39)16-27(32)33/h8,10,14-18,21,35H,9,11-13H2,1-7H3/b19-15+. The number of ketones is 1. The lowest BCUT2D eigenvalue weighted by Crippen LogP contribution is -2.37. The van der Waals surface area contributed by atoms with E-state index in [0.717, 1.165) is 34.5 Å². The van der Waals surface area contributed by atoms with Gasteiger partial charge in [-0.15, -0.1) is 0 Å². The molecule has 1 aromatic carbocycles. The Hall–Kier alpha value is -3.78. The number of carbonyl (C=O) groups is 1. The summed E-state index contributed by atoms with van der Waals surface area (Å²) in [6.45, 7) is 11.5. The van der Waals surface area contributed by atoms with Gasteiger partial charge in [-0.2, -0.15) is 0 Å². The number of nitrogens with one attached hydrogen (secondary N) is 1. The highest BCUT2D eigenvalue weighted by Crippen LogP contribution is 2.32. The second kappa shape index (κ2) is 11.8. The van der Waals surface area contributed by atoms with Gasteiger partial charge in [0.05, 0.1) is 17.6 Å². The van der Waals surface area contributed by atoms with Crippen molar-refractivity contribution >= 4 is 22.7 Å². The third-order valence-corrected chi connectivity index (χ3v) is 8.16. The van der Waals surface area contributed by atoms with Crippen LogP contribution in [0.5, 0.6) is 0 Å². The zero-order valence-corrected chi connectivity index (χ0v) is 24.4. The lowest BCUT2D eigenvalue weighted by molar-refractivity contribution is 0.101. The van der Waals surface area contributed by atoms with Crippen LogP contribution in [-0.2, 0) is 0 Å². The predicted molar refractivity (Wildman–Crippen MR) is 158 cm³/mol. The zero-order valence-electron chi connectivity index (χ0n) is 24.4. The molecule has 4 rings (SSSR count). The summed E-state index contributed by atoms with van der Waals surface area (Å²) in [4.78, 5) is 29.0. The first-order valence-electron chi connectivity index (χ1n) is 13.6. The van der Waals surface area contributed by atoms with Crippen molar-refractivity contribution in [1.82, 2.24) is 14.4 Å². The van der Waals surface area contributed by atoms with Crippen molar-refractivity contribution in [2.24, 2.45) is 0 Å². The number of nitrogens with zero attached hydrogens (tertiary/aromatic N) is 3. The molecule has 1 aromatic heterocycles. The summed E-state index contributed by atoms with van der Waals surface area (Å²) in [5, 5.41) is 2.72. The lowest BCUT2D eigenvalue weighted by Gasteiger charge is -2.34. The molecule has 0 fully saturated rings. The van der Waals surface area contributed by atoms with E-state index in [1.807, 2.05) is 27.0 Å². The van der Waals surface area contributed by atoms with Crippen molar-refractivity contribution in [3.63, 3.8) is 0 Å². The minimum atomic E-state index is -0.494. The molecule has 1 atom stereocenters. The fraction of sp³-hybridized carbons (Fsp3) is 0.375. The molecule has 0 spiro atoms. The molecule has 6 nitrogen and oxygen atoms in total. The van der Waals surface area contributed by atoms with E-state index < -0.39 is 5.82 Å². The summed E-state index contributed by atoms with van der Waals surface area (Å²) >= 11 is 0. The van der Waals surface area contributed by atoms with Gasteiger partial charge in [-0.05, 0) is 70.4 Å². The van der Waals surface area contributed by atoms with Gasteiger partial charge in [-0.1, -0.05) is 17.7 Å². The number of aryl methyl sites for hydroxylation is 1. The summed E-state index contributed by atoms with van der Waals surface area (Å²) in [7, 11) is 3.57. The Morgan fingerprint density at radius 3 is 2.40 bits per heavy atom. The Labute approximate surface area is 235 Å². The van der Waals surface area contributed by atoms with Crippen LogP contribution < -0.4 is 10.9 Å². The number of pyridine rings is 1. The number of aromatic nitrogens is 1. The minimum Gasteiger partial charge on any atom is -0.386 e. The molecular formula is C32H38F2N4O2. The molecule has 40 heavy (non-hydrogen) atoms. The maximum absolute atomic E-state index is 15.0. The number of halogens is 2.